The Morgan fingerprint density at radius 2 is 0.476 bits per heavy atom. The monoisotopic (exact) mass is 1140 g/mol. The summed E-state index contributed by atoms with van der Waals surface area (Å²) in [5.41, 5.74) is 0. The predicted molar refractivity (Wildman–Crippen MR) is 357 cm³/mol. The molecule has 0 radical (unpaired) electrons. The molecule has 6 heteroatoms. The van der Waals surface area contributed by atoms with Gasteiger partial charge < -0.3 is 14.2 Å². The fraction of sp³-hybridized carbons (Fsp3) is 0.724. The molecule has 6 nitrogen and oxygen atoms in total. The van der Waals surface area contributed by atoms with Crippen LogP contribution in [0.5, 0.6) is 0 Å². The van der Waals surface area contributed by atoms with Gasteiger partial charge in [0.2, 0.25) is 0 Å². The molecule has 0 amide bonds. The van der Waals surface area contributed by atoms with Gasteiger partial charge in [-0.05, 0) is 103 Å². The summed E-state index contributed by atoms with van der Waals surface area (Å²) < 4.78 is 16.9. The molecule has 0 aromatic rings. The lowest BCUT2D eigenvalue weighted by molar-refractivity contribution is -0.167. The Bertz CT molecular complexity index is 1640. The maximum absolute atomic E-state index is 12.9. The number of hydrogen-bond acceptors (Lipinski definition) is 6. The quantitative estimate of drug-likeness (QED) is 0.0261. The van der Waals surface area contributed by atoms with Gasteiger partial charge in [0.1, 0.15) is 13.2 Å². The van der Waals surface area contributed by atoms with E-state index in [1.165, 1.54) is 180 Å². The van der Waals surface area contributed by atoms with Crippen LogP contribution in [-0.4, -0.2) is 37.2 Å². The molecule has 470 valence electrons. The Labute approximate surface area is 508 Å². The van der Waals surface area contributed by atoms with E-state index in [4.69, 9.17) is 14.2 Å². The first kappa shape index (κ1) is 78.1. The van der Waals surface area contributed by atoms with Crippen molar-refractivity contribution < 1.29 is 28.6 Å². The lowest BCUT2D eigenvalue weighted by Gasteiger charge is -2.18. The van der Waals surface area contributed by atoms with Crippen LogP contribution >= 0.6 is 0 Å². The van der Waals surface area contributed by atoms with Crippen molar-refractivity contribution in [3.63, 3.8) is 0 Å². The van der Waals surface area contributed by atoms with Crippen molar-refractivity contribution in [2.24, 2.45) is 0 Å². The molecule has 0 fully saturated rings. The summed E-state index contributed by atoms with van der Waals surface area (Å²) in [4.78, 5) is 38.2. The summed E-state index contributed by atoms with van der Waals surface area (Å²) in [6, 6.07) is 0. The van der Waals surface area contributed by atoms with Gasteiger partial charge in [0.25, 0.3) is 0 Å². The zero-order chi connectivity index (χ0) is 59.2. The van der Waals surface area contributed by atoms with Crippen LogP contribution < -0.4 is 0 Å². The summed E-state index contributed by atoms with van der Waals surface area (Å²) in [5, 5.41) is 0. The Hall–Kier alpha value is -3.93. The fourth-order valence-corrected chi connectivity index (χ4v) is 9.88. The van der Waals surface area contributed by atoms with Gasteiger partial charge in [-0.3, -0.25) is 14.4 Å². The van der Waals surface area contributed by atoms with Gasteiger partial charge in [0, 0.05) is 19.3 Å². The third-order valence-electron chi connectivity index (χ3n) is 15.0. The van der Waals surface area contributed by atoms with Crippen LogP contribution in [0, 0.1) is 0 Å². The zero-order valence-electron chi connectivity index (χ0n) is 54.0. The van der Waals surface area contributed by atoms with E-state index < -0.39 is 6.10 Å². The van der Waals surface area contributed by atoms with Crippen molar-refractivity contribution in [2.75, 3.05) is 13.2 Å². The minimum atomic E-state index is -0.778. The SMILES string of the molecule is CC/C=C\C/C=C\C/C=C\C/C=C\C/C=C\CCCCCCCCCCCCCCCCCCCC(=O)OCC(COC(=O)CCCCCCCCCC)OC(=O)CCCCCCCCCCCC/C=C\C/C=C\C/C=C\C/C=C\CC. The van der Waals surface area contributed by atoms with Crippen LogP contribution in [0.4, 0.5) is 0 Å². The maximum atomic E-state index is 12.9. The fourth-order valence-electron chi connectivity index (χ4n) is 9.88. The standard InChI is InChI=1S/C76H130O6/c1-4-7-10-13-16-19-21-23-25-27-29-31-33-34-35-36-37-38-39-40-41-42-44-45-47-49-51-53-55-57-60-63-66-69-75(78)81-72-73(71-80-74(77)68-65-62-59-18-15-12-9-6-3)82-76(79)70-67-64-61-58-56-54-52-50-48-46-43-32-30-28-26-24-22-20-17-14-11-8-5-2/h7-8,10-11,16-17,19-20,23-26,29-32,34-35,73H,4-6,9,12-15,18,21-22,27-28,33,36-72H2,1-3H3/b10-7-,11-8-,19-16-,20-17-,25-23-,26-24-,31-29-,32-30-,35-34-. The van der Waals surface area contributed by atoms with E-state index in [1.807, 2.05) is 0 Å². The first-order chi connectivity index (χ1) is 40.5. The van der Waals surface area contributed by atoms with Crippen LogP contribution in [0.3, 0.4) is 0 Å². The minimum absolute atomic E-state index is 0.0758. The molecule has 0 aliphatic carbocycles. The van der Waals surface area contributed by atoms with Crippen LogP contribution in [-0.2, 0) is 28.6 Å². The molecule has 0 rings (SSSR count). The number of ether oxygens (including phenoxy) is 3. The summed E-state index contributed by atoms with van der Waals surface area (Å²) in [6.07, 6.45) is 95.6. The lowest BCUT2D eigenvalue weighted by Crippen LogP contribution is -2.30. The number of carbonyl (C=O) groups is 3. The average molecular weight is 1140 g/mol. The Morgan fingerprint density at radius 1 is 0.256 bits per heavy atom. The molecule has 0 saturated carbocycles. The highest BCUT2D eigenvalue weighted by Gasteiger charge is 2.19. The molecule has 0 aromatic heterocycles. The number of allylic oxidation sites excluding steroid dienone is 18. The lowest BCUT2D eigenvalue weighted by atomic mass is 10.0. The highest BCUT2D eigenvalue weighted by molar-refractivity contribution is 5.71. The van der Waals surface area contributed by atoms with Crippen molar-refractivity contribution in [2.45, 2.75) is 341 Å². The molecule has 82 heavy (non-hydrogen) atoms. The molecule has 0 spiro atoms. The van der Waals surface area contributed by atoms with E-state index in [1.54, 1.807) is 0 Å². The molecule has 0 aromatic carbocycles. The maximum Gasteiger partial charge on any atom is 0.306 e. The Kier molecular flexibility index (Phi) is 66.2. The third-order valence-corrected chi connectivity index (χ3v) is 15.0. The highest BCUT2D eigenvalue weighted by atomic mass is 16.6. The number of carbonyl (C=O) groups excluding carboxylic acids is 3. The van der Waals surface area contributed by atoms with E-state index in [2.05, 4.69) is 130 Å². The second kappa shape index (κ2) is 69.6. The number of esters is 3. The summed E-state index contributed by atoms with van der Waals surface area (Å²) in [6.45, 7) is 6.41. The molecule has 0 saturated heterocycles. The highest BCUT2D eigenvalue weighted by Crippen LogP contribution is 2.17. The van der Waals surface area contributed by atoms with E-state index in [9.17, 15) is 14.4 Å². The van der Waals surface area contributed by atoms with Crippen molar-refractivity contribution in [1.29, 1.82) is 0 Å². The second-order valence-corrected chi connectivity index (χ2v) is 23.0. The largest absolute Gasteiger partial charge is 0.462 e. The molecule has 0 bridgehead atoms. The van der Waals surface area contributed by atoms with E-state index >= 15 is 0 Å². The van der Waals surface area contributed by atoms with Crippen LogP contribution in [0.25, 0.3) is 0 Å². The van der Waals surface area contributed by atoms with Crippen molar-refractivity contribution >= 4 is 17.9 Å². The topological polar surface area (TPSA) is 78.9 Å². The van der Waals surface area contributed by atoms with Crippen molar-refractivity contribution in [3.8, 4) is 0 Å². The van der Waals surface area contributed by atoms with Gasteiger partial charge in [-0.25, -0.2) is 0 Å². The van der Waals surface area contributed by atoms with Crippen LogP contribution in [0.2, 0.25) is 0 Å². The molecule has 1 unspecified atom stereocenters. The molecular weight excluding hydrogens is 1010 g/mol. The van der Waals surface area contributed by atoms with Gasteiger partial charge in [0.05, 0.1) is 0 Å². The molecule has 0 aliphatic rings. The predicted octanol–water partition coefficient (Wildman–Crippen LogP) is 24.2. The molecule has 0 aliphatic heterocycles. The van der Waals surface area contributed by atoms with E-state index in [0.29, 0.717) is 19.3 Å². The molecule has 0 N–H and O–H groups in total. The van der Waals surface area contributed by atoms with Gasteiger partial charge in [-0.1, -0.05) is 323 Å². The van der Waals surface area contributed by atoms with Gasteiger partial charge in [-0.15, -0.1) is 0 Å². The number of rotatable bonds is 63. The van der Waals surface area contributed by atoms with E-state index in [0.717, 1.165) is 116 Å². The summed E-state index contributed by atoms with van der Waals surface area (Å²) in [7, 11) is 0. The van der Waals surface area contributed by atoms with Crippen LogP contribution in [0.1, 0.15) is 335 Å². The third kappa shape index (κ3) is 66.9. The summed E-state index contributed by atoms with van der Waals surface area (Å²) in [5.74, 6) is -0.871. The first-order valence-electron chi connectivity index (χ1n) is 34.9. The second-order valence-electron chi connectivity index (χ2n) is 23.0. The van der Waals surface area contributed by atoms with Gasteiger partial charge in [0.15, 0.2) is 6.10 Å². The Morgan fingerprint density at radius 3 is 0.744 bits per heavy atom. The molecular formula is C76H130O6. The minimum Gasteiger partial charge on any atom is -0.462 e. The normalized spacial score (nSPS) is 12.8. The average Bonchev–Trinajstić information content (AvgIpc) is 3.47. The smallest absolute Gasteiger partial charge is 0.306 e. The first-order valence-corrected chi connectivity index (χ1v) is 34.9. The zero-order valence-corrected chi connectivity index (χ0v) is 54.0. The number of hydrogen-bond donors (Lipinski definition) is 0. The van der Waals surface area contributed by atoms with Gasteiger partial charge >= 0.3 is 17.9 Å². The Balaban J connectivity index is 4.08. The van der Waals surface area contributed by atoms with Gasteiger partial charge in [-0.2, -0.15) is 0 Å². The van der Waals surface area contributed by atoms with E-state index in [-0.39, 0.29) is 31.1 Å². The number of unbranched alkanes of at least 4 members (excludes halogenated alkanes) is 34. The van der Waals surface area contributed by atoms with Crippen molar-refractivity contribution in [1.82, 2.24) is 0 Å². The molecule has 0 heterocycles. The molecule has 1 atom stereocenters. The summed E-state index contributed by atoms with van der Waals surface area (Å²) >= 11 is 0. The van der Waals surface area contributed by atoms with Crippen LogP contribution in [0.15, 0.2) is 109 Å². The van der Waals surface area contributed by atoms with Crippen molar-refractivity contribution in [3.05, 3.63) is 109 Å².